The maximum atomic E-state index is 4.77. The van der Waals surface area contributed by atoms with E-state index in [1.54, 1.807) is 0 Å². The van der Waals surface area contributed by atoms with E-state index in [1.165, 1.54) is 29.2 Å². The van der Waals surface area contributed by atoms with E-state index >= 15 is 0 Å². The molecule has 3 atom stereocenters. The van der Waals surface area contributed by atoms with E-state index in [-0.39, 0.29) is 6.04 Å². The molecule has 2 heterocycles. The normalized spacial score (nSPS) is 25.1. The van der Waals surface area contributed by atoms with Gasteiger partial charge in [0, 0.05) is 6.54 Å². The summed E-state index contributed by atoms with van der Waals surface area (Å²) < 4.78 is 0. The molecule has 23 heavy (non-hydrogen) atoms. The van der Waals surface area contributed by atoms with Crippen molar-refractivity contribution in [1.29, 1.82) is 0 Å². The van der Waals surface area contributed by atoms with Crippen molar-refractivity contribution < 1.29 is 0 Å². The summed E-state index contributed by atoms with van der Waals surface area (Å²) in [7, 11) is 0. The third-order valence-corrected chi connectivity index (χ3v) is 5.28. The first kappa shape index (κ1) is 14.6. The summed E-state index contributed by atoms with van der Waals surface area (Å²) in [6.45, 7) is 6.67. The van der Waals surface area contributed by atoms with Crippen LogP contribution < -0.4 is 5.32 Å². The largest absolute Gasteiger partial charge is 0.350 e. The highest BCUT2D eigenvalue weighted by atomic mass is 15.4. The molecule has 0 spiro atoms. The molecule has 3 unspecified atom stereocenters. The topological polar surface area (TPSA) is 27.6 Å². The second kappa shape index (κ2) is 5.88. The van der Waals surface area contributed by atoms with Gasteiger partial charge in [0.1, 0.15) is 0 Å². The molecule has 0 aromatic heterocycles. The number of nitrogens with zero attached hydrogens (tertiary/aromatic N) is 2. The first-order chi connectivity index (χ1) is 11.2. The van der Waals surface area contributed by atoms with Crippen molar-refractivity contribution in [2.24, 2.45) is 10.9 Å². The van der Waals surface area contributed by atoms with Gasteiger partial charge in [-0.3, -0.25) is 4.99 Å². The molecule has 1 saturated heterocycles. The summed E-state index contributed by atoms with van der Waals surface area (Å²) in [6, 6.07) is 16.2. The van der Waals surface area contributed by atoms with Crippen LogP contribution in [-0.4, -0.2) is 30.0 Å². The van der Waals surface area contributed by atoms with Gasteiger partial charge in [0.05, 0.1) is 18.6 Å². The van der Waals surface area contributed by atoms with Gasteiger partial charge in [-0.15, -0.1) is 0 Å². The van der Waals surface area contributed by atoms with Crippen LogP contribution >= 0.6 is 0 Å². The number of nitrogens with one attached hydrogen (secondary N) is 1. The molecule has 0 amide bonds. The first-order valence-electron chi connectivity index (χ1n) is 8.77. The predicted molar refractivity (Wildman–Crippen MR) is 96.7 cm³/mol. The molecular formula is C20H25N3. The predicted octanol–water partition coefficient (Wildman–Crippen LogP) is 3.96. The molecule has 120 valence electrons. The lowest BCUT2D eigenvalue weighted by Crippen LogP contribution is -2.48. The summed E-state index contributed by atoms with van der Waals surface area (Å²) in [5.74, 6) is 1.87. The van der Waals surface area contributed by atoms with Gasteiger partial charge in [0.25, 0.3) is 0 Å². The third-order valence-electron chi connectivity index (χ3n) is 5.28. The Hall–Kier alpha value is -2.03. The molecule has 4 rings (SSSR count). The average molecular weight is 307 g/mol. The fourth-order valence-corrected chi connectivity index (χ4v) is 3.82. The SMILES string of the molecule is CC1CCC2CN=C(NC(C)c3ccc4ccccc4c3)N2C1. The van der Waals surface area contributed by atoms with E-state index in [0.29, 0.717) is 6.04 Å². The molecule has 1 fully saturated rings. The minimum absolute atomic E-state index is 0.273. The lowest BCUT2D eigenvalue weighted by molar-refractivity contribution is 0.210. The maximum Gasteiger partial charge on any atom is 0.194 e. The maximum absolute atomic E-state index is 4.77. The summed E-state index contributed by atoms with van der Waals surface area (Å²) in [5, 5.41) is 6.26. The minimum Gasteiger partial charge on any atom is -0.350 e. The lowest BCUT2D eigenvalue weighted by Gasteiger charge is -2.36. The van der Waals surface area contributed by atoms with Crippen molar-refractivity contribution in [2.75, 3.05) is 13.1 Å². The molecule has 2 aliphatic heterocycles. The zero-order valence-corrected chi connectivity index (χ0v) is 14.0. The minimum atomic E-state index is 0.273. The molecule has 0 radical (unpaired) electrons. The number of piperidine rings is 1. The van der Waals surface area contributed by atoms with Crippen LogP contribution in [0, 0.1) is 5.92 Å². The Labute approximate surface area is 138 Å². The molecule has 1 N–H and O–H groups in total. The molecule has 0 saturated carbocycles. The van der Waals surface area contributed by atoms with Crippen LogP contribution in [0.2, 0.25) is 0 Å². The Bertz CT molecular complexity index is 736. The number of aliphatic imine (C=N–C) groups is 1. The highest BCUT2D eigenvalue weighted by Gasteiger charge is 2.33. The Kier molecular flexibility index (Phi) is 3.72. The Morgan fingerprint density at radius 2 is 1.96 bits per heavy atom. The van der Waals surface area contributed by atoms with Crippen LogP contribution in [-0.2, 0) is 0 Å². The summed E-state index contributed by atoms with van der Waals surface area (Å²) in [6.07, 6.45) is 2.62. The Morgan fingerprint density at radius 3 is 2.83 bits per heavy atom. The molecule has 2 aliphatic rings. The summed E-state index contributed by atoms with van der Waals surface area (Å²) in [4.78, 5) is 7.27. The van der Waals surface area contributed by atoms with Crippen molar-refractivity contribution >= 4 is 16.7 Å². The van der Waals surface area contributed by atoms with E-state index in [2.05, 4.69) is 66.5 Å². The number of rotatable bonds is 2. The molecule has 0 aliphatic carbocycles. The van der Waals surface area contributed by atoms with Crippen LogP contribution in [0.4, 0.5) is 0 Å². The van der Waals surface area contributed by atoms with E-state index in [0.717, 1.165) is 25.0 Å². The number of hydrogen-bond acceptors (Lipinski definition) is 3. The third kappa shape index (κ3) is 2.80. The van der Waals surface area contributed by atoms with Crippen molar-refractivity contribution in [3.63, 3.8) is 0 Å². The van der Waals surface area contributed by atoms with Gasteiger partial charge < -0.3 is 10.2 Å². The van der Waals surface area contributed by atoms with Crippen molar-refractivity contribution in [3.05, 3.63) is 48.0 Å². The molecule has 0 bridgehead atoms. The summed E-state index contributed by atoms with van der Waals surface area (Å²) >= 11 is 0. The van der Waals surface area contributed by atoms with Gasteiger partial charge in [0.2, 0.25) is 0 Å². The molecule has 3 nitrogen and oxygen atoms in total. The van der Waals surface area contributed by atoms with Crippen LogP contribution in [0.1, 0.15) is 38.3 Å². The Balaban J connectivity index is 1.51. The van der Waals surface area contributed by atoms with Gasteiger partial charge in [-0.25, -0.2) is 0 Å². The molecule has 2 aromatic carbocycles. The second-order valence-corrected chi connectivity index (χ2v) is 7.13. The van der Waals surface area contributed by atoms with Gasteiger partial charge in [-0.1, -0.05) is 43.3 Å². The number of hydrogen-bond donors (Lipinski definition) is 1. The quantitative estimate of drug-likeness (QED) is 0.909. The monoisotopic (exact) mass is 307 g/mol. The van der Waals surface area contributed by atoms with Crippen LogP contribution in [0.25, 0.3) is 10.8 Å². The van der Waals surface area contributed by atoms with Crippen LogP contribution in [0.15, 0.2) is 47.5 Å². The first-order valence-corrected chi connectivity index (χ1v) is 8.77. The van der Waals surface area contributed by atoms with E-state index in [1.807, 2.05) is 0 Å². The zero-order chi connectivity index (χ0) is 15.8. The fraction of sp³-hybridized carbons (Fsp3) is 0.450. The molecule has 3 heteroatoms. The van der Waals surface area contributed by atoms with Crippen molar-refractivity contribution in [2.45, 2.75) is 38.8 Å². The van der Waals surface area contributed by atoms with E-state index in [9.17, 15) is 0 Å². The zero-order valence-electron chi connectivity index (χ0n) is 14.0. The number of benzene rings is 2. The number of fused-ring (bicyclic) bond motifs is 2. The average Bonchev–Trinajstić information content (AvgIpc) is 2.96. The number of guanidine groups is 1. The summed E-state index contributed by atoms with van der Waals surface area (Å²) in [5.41, 5.74) is 1.32. The van der Waals surface area contributed by atoms with Crippen LogP contribution in [0.5, 0.6) is 0 Å². The van der Waals surface area contributed by atoms with Gasteiger partial charge in [-0.05, 0) is 48.1 Å². The van der Waals surface area contributed by atoms with Crippen molar-refractivity contribution in [1.82, 2.24) is 10.2 Å². The fourth-order valence-electron chi connectivity index (χ4n) is 3.82. The lowest BCUT2D eigenvalue weighted by atomic mass is 9.95. The van der Waals surface area contributed by atoms with Crippen LogP contribution in [0.3, 0.4) is 0 Å². The smallest absolute Gasteiger partial charge is 0.194 e. The van der Waals surface area contributed by atoms with E-state index in [4.69, 9.17) is 4.99 Å². The molecule has 2 aromatic rings. The van der Waals surface area contributed by atoms with E-state index < -0.39 is 0 Å². The Morgan fingerprint density at radius 1 is 1.13 bits per heavy atom. The highest BCUT2D eigenvalue weighted by Crippen LogP contribution is 2.27. The van der Waals surface area contributed by atoms with Gasteiger partial charge >= 0.3 is 0 Å². The molecular weight excluding hydrogens is 282 g/mol. The highest BCUT2D eigenvalue weighted by molar-refractivity contribution is 5.84. The van der Waals surface area contributed by atoms with Crippen molar-refractivity contribution in [3.8, 4) is 0 Å². The second-order valence-electron chi connectivity index (χ2n) is 7.13. The standard InChI is InChI=1S/C20H25N3/c1-14-7-10-19-12-21-20(23(19)13-14)22-15(2)17-9-8-16-5-3-4-6-18(16)11-17/h3-6,8-9,11,14-15,19H,7,10,12-13H2,1-2H3,(H,21,22). The van der Waals surface area contributed by atoms with Gasteiger partial charge in [0.15, 0.2) is 5.96 Å². The van der Waals surface area contributed by atoms with Gasteiger partial charge in [-0.2, -0.15) is 0 Å².